The van der Waals surface area contributed by atoms with Crippen LogP contribution in [0.5, 0.6) is 11.5 Å². The zero-order valence-electron chi connectivity index (χ0n) is 19.1. The fourth-order valence-corrected chi connectivity index (χ4v) is 4.20. The van der Waals surface area contributed by atoms with E-state index in [1.807, 2.05) is 32.0 Å². The minimum Gasteiger partial charge on any atom is -0.507 e. The second kappa shape index (κ2) is 8.50. The fourth-order valence-electron chi connectivity index (χ4n) is 4.20. The Bertz CT molecular complexity index is 1270. The number of aliphatic hydroxyl groups excluding tert-OH is 1. The highest BCUT2D eigenvalue weighted by molar-refractivity contribution is 6.51. The number of benzene rings is 2. The Morgan fingerprint density at radius 1 is 0.909 bits per heavy atom. The molecule has 33 heavy (non-hydrogen) atoms. The van der Waals surface area contributed by atoms with Gasteiger partial charge in [0.05, 0.1) is 19.8 Å². The molecule has 1 aromatic heterocycles. The van der Waals surface area contributed by atoms with E-state index in [0.717, 1.165) is 11.1 Å². The molecule has 2 aromatic carbocycles. The Morgan fingerprint density at radius 2 is 1.58 bits per heavy atom. The molecule has 1 saturated heterocycles. The minimum atomic E-state index is -0.923. The van der Waals surface area contributed by atoms with Crippen molar-refractivity contribution in [2.24, 2.45) is 0 Å². The Hall–Kier alpha value is -4.00. The average molecular weight is 447 g/mol. The van der Waals surface area contributed by atoms with Crippen molar-refractivity contribution in [3.63, 3.8) is 0 Å². The lowest BCUT2D eigenvalue weighted by Crippen LogP contribution is -2.29. The summed E-state index contributed by atoms with van der Waals surface area (Å²) in [6, 6.07) is 13.0. The van der Waals surface area contributed by atoms with E-state index in [0.29, 0.717) is 34.3 Å². The zero-order chi connectivity index (χ0) is 23.9. The van der Waals surface area contributed by atoms with E-state index in [1.54, 1.807) is 37.3 Å². The van der Waals surface area contributed by atoms with Crippen molar-refractivity contribution in [1.29, 1.82) is 0 Å². The Kier molecular flexibility index (Phi) is 5.72. The van der Waals surface area contributed by atoms with Crippen LogP contribution >= 0.6 is 0 Å². The lowest BCUT2D eigenvalue weighted by Gasteiger charge is -2.24. The van der Waals surface area contributed by atoms with Crippen molar-refractivity contribution >= 4 is 23.1 Å². The number of carbonyl (C=O) groups is 2. The number of aryl methyl sites for hydroxylation is 3. The fraction of sp³-hybridized carbons (Fsp3) is 0.231. The third kappa shape index (κ3) is 3.86. The highest BCUT2D eigenvalue weighted by Gasteiger charge is 2.48. The molecule has 0 bridgehead atoms. The van der Waals surface area contributed by atoms with E-state index in [1.165, 1.54) is 19.1 Å². The summed E-state index contributed by atoms with van der Waals surface area (Å²) in [5.74, 6) is 0.0234. The first kappa shape index (κ1) is 22.2. The van der Waals surface area contributed by atoms with Crippen LogP contribution in [0, 0.1) is 20.8 Å². The third-order valence-electron chi connectivity index (χ3n) is 5.62. The predicted octanol–water partition coefficient (Wildman–Crippen LogP) is 4.85. The highest BCUT2D eigenvalue weighted by atomic mass is 16.5. The zero-order valence-corrected chi connectivity index (χ0v) is 19.1. The van der Waals surface area contributed by atoms with Crippen molar-refractivity contribution < 1.29 is 28.6 Å². The number of Topliss-reactive ketones (excluding diaryl/α,β-unsaturated/α-hetero) is 1. The van der Waals surface area contributed by atoms with Gasteiger partial charge in [-0.15, -0.1) is 0 Å². The number of ether oxygens (including phenoxy) is 2. The van der Waals surface area contributed by atoms with Gasteiger partial charge in [0.2, 0.25) is 0 Å². The van der Waals surface area contributed by atoms with Gasteiger partial charge in [0.1, 0.15) is 23.3 Å². The number of ketones is 1. The summed E-state index contributed by atoms with van der Waals surface area (Å²) in [6.45, 7) is 5.62. The molecule has 1 N–H and O–H groups in total. The first-order chi connectivity index (χ1) is 15.7. The van der Waals surface area contributed by atoms with Gasteiger partial charge in [0, 0.05) is 11.3 Å². The molecule has 0 radical (unpaired) electrons. The van der Waals surface area contributed by atoms with Crippen LogP contribution < -0.4 is 14.4 Å². The van der Waals surface area contributed by atoms with E-state index in [2.05, 4.69) is 0 Å². The molecule has 1 fully saturated rings. The average Bonchev–Trinajstić information content (AvgIpc) is 3.32. The monoisotopic (exact) mass is 447 g/mol. The van der Waals surface area contributed by atoms with Crippen LogP contribution in [0.2, 0.25) is 0 Å². The molecule has 4 rings (SSSR count). The molecule has 7 heteroatoms. The summed E-state index contributed by atoms with van der Waals surface area (Å²) in [4.78, 5) is 27.9. The number of amides is 1. The summed E-state index contributed by atoms with van der Waals surface area (Å²) in [5.41, 5.74) is 2.71. The van der Waals surface area contributed by atoms with Gasteiger partial charge in [-0.2, -0.15) is 0 Å². The number of anilines is 1. The van der Waals surface area contributed by atoms with Crippen molar-refractivity contribution in [2.75, 3.05) is 19.1 Å². The Morgan fingerprint density at radius 3 is 2.15 bits per heavy atom. The number of nitrogens with zero attached hydrogens (tertiary/aromatic N) is 1. The quantitative estimate of drug-likeness (QED) is 0.342. The molecule has 1 atom stereocenters. The van der Waals surface area contributed by atoms with E-state index in [9.17, 15) is 14.7 Å². The molecule has 1 aliphatic rings. The largest absolute Gasteiger partial charge is 0.507 e. The SMILES string of the molecule is COc1ccc(/C(O)=C2/C(=O)C(=O)N(c3cc(C)cc(C)c3)C2c2ccc(C)o2)cc1OC. The molecule has 0 saturated carbocycles. The van der Waals surface area contributed by atoms with Crippen molar-refractivity contribution in [3.05, 3.63) is 82.3 Å². The molecule has 0 spiro atoms. The number of furan rings is 1. The standard InChI is InChI=1S/C26H25NO6/c1-14-10-15(2)12-18(11-14)27-23(20-8-6-16(3)33-20)22(25(29)26(27)30)24(28)17-7-9-19(31-4)21(13-17)32-5/h6-13,23,28H,1-5H3/b24-22-. The molecule has 2 heterocycles. The predicted molar refractivity (Wildman–Crippen MR) is 124 cm³/mol. The minimum absolute atomic E-state index is 0.0549. The Labute approximate surface area is 191 Å². The third-order valence-corrected chi connectivity index (χ3v) is 5.62. The second-order valence-electron chi connectivity index (χ2n) is 8.03. The van der Waals surface area contributed by atoms with Crippen LogP contribution in [0.15, 0.2) is 58.5 Å². The summed E-state index contributed by atoms with van der Waals surface area (Å²) < 4.78 is 16.4. The molecule has 1 unspecified atom stereocenters. The van der Waals surface area contributed by atoms with Crippen LogP contribution in [-0.2, 0) is 9.59 Å². The highest BCUT2D eigenvalue weighted by Crippen LogP contribution is 2.43. The molecular weight excluding hydrogens is 422 g/mol. The number of carbonyl (C=O) groups excluding carboxylic acids is 2. The molecule has 1 aliphatic heterocycles. The van der Waals surface area contributed by atoms with E-state index >= 15 is 0 Å². The normalized spacial score (nSPS) is 17.5. The molecule has 3 aromatic rings. The van der Waals surface area contributed by atoms with Crippen molar-refractivity contribution in [2.45, 2.75) is 26.8 Å². The van der Waals surface area contributed by atoms with Gasteiger partial charge < -0.3 is 19.0 Å². The number of methoxy groups -OCH3 is 2. The van der Waals surface area contributed by atoms with Crippen LogP contribution in [0.3, 0.4) is 0 Å². The number of hydrogen-bond acceptors (Lipinski definition) is 6. The van der Waals surface area contributed by atoms with E-state index in [-0.39, 0.29) is 11.3 Å². The lowest BCUT2D eigenvalue weighted by molar-refractivity contribution is -0.132. The van der Waals surface area contributed by atoms with Gasteiger partial charge >= 0.3 is 0 Å². The van der Waals surface area contributed by atoms with Gasteiger partial charge in [-0.3, -0.25) is 14.5 Å². The number of hydrogen-bond donors (Lipinski definition) is 1. The summed E-state index contributed by atoms with van der Waals surface area (Å²) >= 11 is 0. The maximum Gasteiger partial charge on any atom is 0.300 e. The van der Waals surface area contributed by atoms with Crippen molar-refractivity contribution in [1.82, 2.24) is 0 Å². The van der Waals surface area contributed by atoms with Gasteiger partial charge in [-0.25, -0.2) is 0 Å². The topological polar surface area (TPSA) is 89.2 Å². The smallest absolute Gasteiger partial charge is 0.300 e. The molecular formula is C26H25NO6. The van der Waals surface area contributed by atoms with Crippen LogP contribution in [0.25, 0.3) is 5.76 Å². The van der Waals surface area contributed by atoms with E-state index in [4.69, 9.17) is 13.9 Å². The van der Waals surface area contributed by atoms with Crippen LogP contribution in [-0.4, -0.2) is 31.0 Å². The summed E-state index contributed by atoms with van der Waals surface area (Å²) in [7, 11) is 2.98. The maximum absolute atomic E-state index is 13.2. The second-order valence-corrected chi connectivity index (χ2v) is 8.03. The molecule has 170 valence electrons. The lowest BCUT2D eigenvalue weighted by atomic mass is 9.98. The summed E-state index contributed by atoms with van der Waals surface area (Å²) in [5, 5.41) is 11.2. The van der Waals surface area contributed by atoms with Gasteiger partial charge in [-0.1, -0.05) is 6.07 Å². The van der Waals surface area contributed by atoms with Crippen LogP contribution in [0.1, 0.15) is 34.3 Å². The number of rotatable bonds is 5. The first-order valence-electron chi connectivity index (χ1n) is 10.4. The number of aliphatic hydroxyl groups is 1. The molecule has 1 amide bonds. The first-order valence-corrected chi connectivity index (χ1v) is 10.4. The summed E-state index contributed by atoms with van der Waals surface area (Å²) in [6.07, 6.45) is 0. The molecule has 7 nitrogen and oxygen atoms in total. The van der Waals surface area contributed by atoms with E-state index < -0.39 is 17.7 Å². The van der Waals surface area contributed by atoms with Crippen LogP contribution in [0.4, 0.5) is 5.69 Å². The van der Waals surface area contributed by atoms with Crippen molar-refractivity contribution in [3.8, 4) is 11.5 Å². The van der Waals surface area contributed by atoms with Gasteiger partial charge in [0.15, 0.2) is 11.5 Å². The Balaban J connectivity index is 1.94. The van der Waals surface area contributed by atoms with Gasteiger partial charge in [-0.05, 0) is 74.4 Å². The molecule has 0 aliphatic carbocycles. The van der Waals surface area contributed by atoms with Gasteiger partial charge in [0.25, 0.3) is 11.7 Å². The maximum atomic E-state index is 13.2.